The van der Waals surface area contributed by atoms with Crippen LogP contribution in [0, 0.1) is 0 Å². The first-order chi connectivity index (χ1) is 13.7. The molecule has 1 aromatic heterocycles. The van der Waals surface area contributed by atoms with Crippen LogP contribution >= 0.6 is 34.9 Å². The van der Waals surface area contributed by atoms with Crippen LogP contribution in [0.5, 0.6) is 0 Å². The predicted octanol–water partition coefficient (Wildman–Crippen LogP) is 4.60. The lowest BCUT2D eigenvalue weighted by Crippen LogP contribution is -2.49. The summed E-state index contributed by atoms with van der Waals surface area (Å²) in [5.41, 5.74) is 2.37. The molecule has 0 bridgehead atoms. The number of benzene rings is 2. The molecule has 0 N–H and O–H groups in total. The highest BCUT2D eigenvalue weighted by Gasteiger charge is 2.23. The SMILES string of the molecule is CSc1cccc2sc(N3CCN(C(=O)CSCc4ccccc4)CC3)nc12. The Morgan fingerprint density at radius 3 is 2.61 bits per heavy atom. The van der Waals surface area contributed by atoms with Gasteiger partial charge in [0.1, 0.15) is 0 Å². The fourth-order valence-corrected chi connectivity index (χ4v) is 5.84. The van der Waals surface area contributed by atoms with E-state index in [1.807, 2.05) is 23.1 Å². The van der Waals surface area contributed by atoms with Gasteiger partial charge in [0.2, 0.25) is 5.91 Å². The Kier molecular flexibility index (Phi) is 6.44. The number of thiazole rings is 1. The van der Waals surface area contributed by atoms with E-state index in [-0.39, 0.29) is 5.91 Å². The first-order valence-corrected chi connectivity index (χ1v) is 12.5. The number of carbonyl (C=O) groups excluding carboxylic acids is 1. The van der Waals surface area contributed by atoms with Crippen molar-refractivity contribution in [3.05, 3.63) is 54.1 Å². The summed E-state index contributed by atoms with van der Waals surface area (Å²) in [6.45, 7) is 3.25. The van der Waals surface area contributed by atoms with Gasteiger partial charge in [-0.1, -0.05) is 47.7 Å². The molecule has 7 heteroatoms. The van der Waals surface area contributed by atoms with Gasteiger partial charge < -0.3 is 9.80 Å². The molecular formula is C21H23N3OS3. The van der Waals surface area contributed by atoms with E-state index in [1.54, 1.807) is 34.9 Å². The number of carbonyl (C=O) groups is 1. The van der Waals surface area contributed by atoms with Crippen molar-refractivity contribution in [2.45, 2.75) is 10.6 Å². The molecule has 1 aliphatic heterocycles. The van der Waals surface area contributed by atoms with E-state index < -0.39 is 0 Å². The van der Waals surface area contributed by atoms with Crippen molar-refractivity contribution in [1.82, 2.24) is 9.88 Å². The summed E-state index contributed by atoms with van der Waals surface area (Å²) in [6, 6.07) is 16.7. The third-order valence-corrected chi connectivity index (χ3v) is 7.67. The van der Waals surface area contributed by atoms with Gasteiger partial charge >= 0.3 is 0 Å². The van der Waals surface area contributed by atoms with Gasteiger partial charge in [0.25, 0.3) is 0 Å². The molecule has 0 radical (unpaired) electrons. The number of para-hydroxylation sites is 1. The minimum Gasteiger partial charge on any atom is -0.345 e. The summed E-state index contributed by atoms with van der Waals surface area (Å²) >= 11 is 5.18. The summed E-state index contributed by atoms with van der Waals surface area (Å²) in [5.74, 6) is 1.68. The lowest BCUT2D eigenvalue weighted by atomic mass is 10.2. The average Bonchev–Trinajstić information content (AvgIpc) is 3.19. The van der Waals surface area contributed by atoms with Crippen LogP contribution in [0.4, 0.5) is 5.13 Å². The Morgan fingerprint density at radius 1 is 1.07 bits per heavy atom. The second-order valence-electron chi connectivity index (χ2n) is 6.65. The van der Waals surface area contributed by atoms with E-state index in [9.17, 15) is 4.79 Å². The largest absolute Gasteiger partial charge is 0.345 e. The van der Waals surface area contributed by atoms with Crippen molar-refractivity contribution in [3.8, 4) is 0 Å². The van der Waals surface area contributed by atoms with Crippen molar-refractivity contribution in [2.75, 3.05) is 43.1 Å². The minimum atomic E-state index is 0.245. The molecule has 0 atom stereocenters. The fraction of sp³-hybridized carbons (Fsp3) is 0.333. The van der Waals surface area contributed by atoms with E-state index >= 15 is 0 Å². The number of amides is 1. The van der Waals surface area contributed by atoms with Crippen LogP contribution in [0.3, 0.4) is 0 Å². The van der Waals surface area contributed by atoms with Crippen LogP contribution in [0.2, 0.25) is 0 Å². The van der Waals surface area contributed by atoms with Crippen molar-refractivity contribution >= 4 is 56.1 Å². The van der Waals surface area contributed by atoms with Crippen LogP contribution in [0.1, 0.15) is 5.56 Å². The van der Waals surface area contributed by atoms with Crippen molar-refractivity contribution in [1.29, 1.82) is 0 Å². The van der Waals surface area contributed by atoms with Gasteiger partial charge in [0, 0.05) is 36.8 Å². The Hall–Kier alpha value is -1.70. The standard InChI is InChI=1S/C21H23N3OS3/c1-26-17-8-5-9-18-20(17)22-21(28-18)24-12-10-23(11-13-24)19(25)15-27-14-16-6-3-2-4-7-16/h2-9H,10-15H2,1H3. The highest BCUT2D eigenvalue weighted by Crippen LogP contribution is 2.34. The lowest BCUT2D eigenvalue weighted by Gasteiger charge is -2.34. The van der Waals surface area contributed by atoms with Crippen LogP contribution in [0.15, 0.2) is 53.4 Å². The molecule has 1 saturated heterocycles. The Labute approximate surface area is 178 Å². The molecule has 0 saturated carbocycles. The third kappa shape index (κ3) is 4.47. The predicted molar refractivity (Wildman–Crippen MR) is 123 cm³/mol. The molecule has 1 amide bonds. The number of piperazine rings is 1. The Bertz CT molecular complexity index is 936. The molecule has 0 aliphatic carbocycles. The number of thioether (sulfide) groups is 2. The maximum atomic E-state index is 12.5. The van der Waals surface area contributed by atoms with Gasteiger partial charge in [-0.3, -0.25) is 4.79 Å². The normalized spacial score (nSPS) is 14.6. The average molecular weight is 430 g/mol. The van der Waals surface area contributed by atoms with Gasteiger partial charge in [-0.05, 0) is 24.0 Å². The van der Waals surface area contributed by atoms with Crippen LogP contribution < -0.4 is 4.90 Å². The van der Waals surface area contributed by atoms with Crippen LogP contribution in [0.25, 0.3) is 10.2 Å². The maximum Gasteiger partial charge on any atom is 0.232 e. The van der Waals surface area contributed by atoms with Crippen LogP contribution in [-0.4, -0.2) is 54.0 Å². The fourth-order valence-electron chi connectivity index (χ4n) is 3.28. The number of hydrogen-bond donors (Lipinski definition) is 0. The first-order valence-electron chi connectivity index (χ1n) is 9.32. The highest BCUT2D eigenvalue weighted by atomic mass is 32.2. The molecule has 1 fully saturated rings. The Morgan fingerprint density at radius 2 is 1.86 bits per heavy atom. The van der Waals surface area contributed by atoms with Gasteiger partial charge in [-0.15, -0.1) is 23.5 Å². The molecule has 2 aromatic carbocycles. The number of nitrogens with zero attached hydrogens (tertiary/aromatic N) is 3. The van der Waals surface area contributed by atoms with E-state index in [2.05, 4.69) is 41.5 Å². The number of anilines is 1. The molecule has 4 rings (SSSR count). The molecule has 2 heterocycles. The van der Waals surface area contributed by atoms with E-state index in [0.29, 0.717) is 5.75 Å². The summed E-state index contributed by atoms with van der Waals surface area (Å²) in [6.07, 6.45) is 2.09. The molecular weight excluding hydrogens is 406 g/mol. The van der Waals surface area contributed by atoms with Gasteiger partial charge in [0.05, 0.1) is 16.0 Å². The monoisotopic (exact) mass is 429 g/mol. The Balaban J connectivity index is 1.30. The molecule has 4 nitrogen and oxygen atoms in total. The molecule has 146 valence electrons. The highest BCUT2D eigenvalue weighted by molar-refractivity contribution is 7.99. The van der Waals surface area contributed by atoms with E-state index in [0.717, 1.165) is 42.6 Å². The molecule has 0 spiro atoms. The van der Waals surface area contributed by atoms with Gasteiger partial charge in [-0.2, -0.15) is 0 Å². The summed E-state index contributed by atoms with van der Waals surface area (Å²) < 4.78 is 1.23. The zero-order valence-corrected chi connectivity index (χ0v) is 18.3. The zero-order chi connectivity index (χ0) is 19.3. The topological polar surface area (TPSA) is 36.4 Å². The molecule has 3 aromatic rings. The summed E-state index contributed by atoms with van der Waals surface area (Å²) in [7, 11) is 0. The molecule has 1 aliphatic rings. The second kappa shape index (κ2) is 9.20. The van der Waals surface area contributed by atoms with Gasteiger partial charge in [0.15, 0.2) is 5.13 Å². The van der Waals surface area contributed by atoms with E-state index in [1.165, 1.54) is 15.2 Å². The summed E-state index contributed by atoms with van der Waals surface area (Å²) in [4.78, 5) is 22.9. The smallest absolute Gasteiger partial charge is 0.232 e. The van der Waals surface area contributed by atoms with Crippen LogP contribution in [-0.2, 0) is 10.5 Å². The quantitative estimate of drug-likeness (QED) is 0.535. The van der Waals surface area contributed by atoms with Crippen molar-refractivity contribution < 1.29 is 4.79 Å². The maximum absolute atomic E-state index is 12.5. The van der Waals surface area contributed by atoms with Crippen molar-refractivity contribution in [2.24, 2.45) is 0 Å². The third-order valence-electron chi connectivity index (χ3n) is 4.83. The molecule has 0 unspecified atom stereocenters. The van der Waals surface area contributed by atoms with Gasteiger partial charge in [-0.25, -0.2) is 4.98 Å². The van der Waals surface area contributed by atoms with E-state index in [4.69, 9.17) is 4.98 Å². The number of fused-ring (bicyclic) bond motifs is 1. The minimum absolute atomic E-state index is 0.245. The first kappa shape index (κ1) is 19.6. The molecule has 28 heavy (non-hydrogen) atoms. The number of rotatable bonds is 6. The zero-order valence-electron chi connectivity index (χ0n) is 15.8. The summed E-state index contributed by atoms with van der Waals surface area (Å²) in [5, 5.41) is 1.07. The number of aromatic nitrogens is 1. The van der Waals surface area contributed by atoms with Crippen molar-refractivity contribution in [3.63, 3.8) is 0 Å². The lowest BCUT2D eigenvalue weighted by molar-refractivity contribution is -0.128. The second-order valence-corrected chi connectivity index (χ2v) is 9.49. The number of hydrogen-bond acceptors (Lipinski definition) is 6.